The molecular weight excluding hydrogens is 368 g/mol. The highest BCUT2D eigenvalue weighted by molar-refractivity contribution is 6.30. The van der Waals surface area contributed by atoms with Gasteiger partial charge >= 0.3 is 0 Å². The van der Waals surface area contributed by atoms with Gasteiger partial charge in [0.25, 0.3) is 0 Å². The number of nitrogens with zero attached hydrogens (tertiary/aromatic N) is 1. The number of aromatic nitrogens is 1. The summed E-state index contributed by atoms with van der Waals surface area (Å²) in [6.07, 6.45) is 0.146. The third-order valence-electron chi connectivity index (χ3n) is 4.24. The number of hydrogen-bond donors (Lipinski definition) is 1. The molecule has 0 spiro atoms. The van der Waals surface area contributed by atoms with E-state index in [4.69, 9.17) is 25.5 Å². The minimum absolute atomic E-state index is 0.126. The first-order chi connectivity index (χ1) is 13.1. The fraction of sp³-hybridized carbons (Fsp3) is 0.200. The lowest BCUT2D eigenvalue weighted by Crippen LogP contribution is -2.24. The number of aryl methyl sites for hydroxylation is 1. The first-order valence-corrected chi connectivity index (χ1v) is 8.84. The Morgan fingerprint density at radius 1 is 1.15 bits per heavy atom. The van der Waals surface area contributed by atoms with Gasteiger partial charge in [-0.3, -0.25) is 4.79 Å². The van der Waals surface area contributed by atoms with Crippen molar-refractivity contribution in [3.63, 3.8) is 0 Å². The molecule has 1 aliphatic heterocycles. The summed E-state index contributed by atoms with van der Waals surface area (Å²) in [4.78, 5) is 16.7. The van der Waals surface area contributed by atoms with Crippen LogP contribution < -0.4 is 14.8 Å². The van der Waals surface area contributed by atoms with Crippen molar-refractivity contribution in [2.24, 2.45) is 0 Å². The second-order valence-electron chi connectivity index (χ2n) is 6.17. The van der Waals surface area contributed by atoms with Crippen molar-refractivity contribution in [2.45, 2.75) is 19.9 Å². The molecule has 0 radical (unpaired) electrons. The summed E-state index contributed by atoms with van der Waals surface area (Å²) in [5, 5.41) is 3.54. The van der Waals surface area contributed by atoms with Gasteiger partial charge in [-0.1, -0.05) is 23.7 Å². The Morgan fingerprint density at radius 2 is 1.93 bits per heavy atom. The van der Waals surface area contributed by atoms with Crippen LogP contribution in [0.2, 0.25) is 5.02 Å². The van der Waals surface area contributed by atoms with Crippen LogP contribution in [-0.4, -0.2) is 17.7 Å². The van der Waals surface area contributed by atoms with E-state index in [0.717, 1.165) is 11.1 Å². The number of fused-ring (bicyclic) bond motifs is 1. The molecular formula is C20H17ClN2O4. The number of carbonyl (C=O) groups is 1. The molecule has 2 aromatic carbocycles. The molecule has 7 heteroatoms. The molecule has 1 aromatic heterocycles. The Morgan fingerprint density at radius 3 is 2.74 bits per heavy atom. The Kier molecular flexibility index (Phi) is 4.73. The first kappa shape index (κ1) is 17.4. The number of ether oxygens (including phenoxy) is 2. The fourth-order valence-corrected chi connectivity index (χ4v) is 2.89. The van der Waals surface area contributed by atoms with Crippen molar-refractivity contribution in [3.8, 4) is 23.0 Å². The van der Waals surface area contributed by atoms with E-state index < -0.39 is 0 Å². The topological polar surface area (TPSA) is 73.6 Å². The molecule has 3 aromatic rings. The number of benzene rings is 2. The van der Waals surface area contributed by atoms with Crippen molar-refractivity contribution in [1.82, 2.24) is 10.3 Å². The van der Waals surface area contributed by atoms with Crippen LogP contribution in [0.5, 0.6) is 11.5 Å². The molecule has 0 saturated heterocycles. The Balaban J connectivity index is 1.42. The number of rotatable bonds is 5. The molecule has 1 N–H and O–H groups in total. The monoisotopic (exact) mass is 384 g/mol. The van der Waals surface area contributed by atoms with Crippen LogP contribution in [0, 0.1) is 6.92 Å². The normalized spacial score (nSPS) is 12.2. The smallest absolute Gasteiger partial charge is 0.231 e. The van der Waals surface area contributed by atoms with E-state index >= 15 is 0 Å². The lowest BCUT2D eigenvalue weighted by atomic mass is 10.2. The van der Waals surface area contributed by atoms with Crippen molar-refractivity contribution < 1.29 is 18.7 Å². The molecule has 0 atom stereocenters. The standard InChI is InChI=1S/C20H17ClN2O4/c1-12-16(9-19(24)22-10-13-2-5-15(21)6-3-13)23-20(27-12)14-4-7-17-18(8-14)26-11-25-17/h2-8H,9-11H2,1H3,(H,22,24). The third kappa shape index (κ3) is 3.90. The average molecular weight is 385 g/mol. The van der Waals surface area contributed by atoms with Crippen molar-refractivity contribution in [3.05, 3.63) is 64.5 Å². The number of nitrogens with one attached hydrogen (secondary N) is 1. The largest absolute Gasteiger partial charge is 0.454 e. The summed E-state index contributed by atoms with van der Waals surface area (Å²) in [6, 6.07) is 12.8. The molecule has 1 aliphatic rings. The van der Waals surface area contributed by atoms with Crippen molar-refractivity contribution in [1.29, 1.82) is 0 Å². The van der Waals surface area contributed by atoms with E-state index in [-0.39, 0.29) is 19.1 Å². The van der Waals surface area contributed by atoms with E-state index in [0.29, 0.717) is 40.4 Å². The molecule has 0 aliphatic carbocycles. The summed E-state index contributed by atoms with van der Waals surface area (Å²) in [7, 11) is 0. The highest BCUT2D eigenvalue weighted by Gasteiger charge is 2.18. The Hall–Kier alpha value is -2.99. The van der Waals surface area contributed by atoms with Crippen LogP contribution in [0.3, 0.4) is 0 Å². The predicted molar refractivity (Wildman–Crippen MR) is 99.8 cm³/mol. The summed E-state index contributed by atoms with van der Waals surface area (Å²) in [6.45, 7) is 2.44. The molecule has 138 valence electrons. The highest BCUT2D eigenvalue weighted by atomic mass is 35.5. The maximum Gasteiger partial charge on any atom is 0.231 e. The predicted octanol–water partition coefficient (Wildman–Crippen LogP) is 3.89. The van der Waals surface area contributed by atoms with Crippen LogP contribution in [0.4, 0.5) is 0 Å². The van der Waals surface area contributed by atoms with Gasteiger partial charge in [0.1, 0.15) is 5.76 Å². The molecule has 0 bridgehead atoms. The second kappa shape index (κ2) is 7.32. The summed E-state index contributed by atoms with van der Waals surface area (Å²) in [5.41, 5.74) is 2.36. The van der Waals surface area contributed by atoms with E-state index in [9.17, 15) is 4.79 Å². The fourth-order valence-electron chi connectivity index (χ4n) is 2.76. The van der Waals surface area contributed by atoms with Gasteiger partial charge in [-0.15, -0.1) is 0 Å². The third-order valence-corrected chi connectivity index (χ3v) is 4.50. The second-order valence-corrected chi connectivity index (χ2v) is 6.61. The number of halogens is 1. The SMILES string of the molecule is Cc1oc(-c2ccc3c(c2)OCO3)nc1CC(=O)NCc1ccc(Cl)cc1. The van der Waals surface area contributed by atoms with Gasteiger partial charge in [-0.2, -0.15) is 0 Å². The summed E-state index contributed by atoms with van der Waals surface area (Å²) >= 11 is 5.86. The minimum atomic E-state index is -0.126. The van der Waals surface area contributed by atoms with E-state index in [2.05, 4.69) is 10.3 Å². The zero-order chi connectivity index (χ0) is 18.8. The van der Waals surface area contributed by atoms with Crippen LogP contribution in [0.15, 0.2) is 46.9 Å². The van der Waals surface area contributed by atoms with Gasteiger partial charge in [0, 0.05) is 17.1 Å². The molecule has 2 heterocycles. The molecule has 6 nitrogen and oxygen atoms in total. The van der Waals surface area contributed by atoms with Gasteiger partial charge in [-0.25, -0.2) is 4.98 Å². The lowest BCUT2D eigenvalue weighted by Gasteiger charge is -2.04. The van der Waals surface area contributed by atoms with E-state index in [1.54, 1.807) is 19.1 Å². The first-order valence-electron chi connectivity index (χ1n) is 8.46. The van der Waals surface area contributed by atoms with E-state index in [1.807, 2.05) is 30.3 Å². The van der Waals surface area contributed by atoms with Gasteiger partial charge in [0.15, 0.2) is 11.5 Å². The molecule has 0 unspecified atom stereocenters. The molecule has 27 heavy (non-hydrogen) atoms. The van der Waals surface area contributed by atoms with Crippen LogP contribution >= 0.6 is 11.6 Å². The zero-order valence-corrected chi connectivity index (χ0v) is 15.4. The lowest BCUT2D eigenvalue weighted by molar-refractivity contribution is -0.120. The van der Waals surface area contributed by atoms with Gasteiger partial charge < -0.3 is 19.2 Å². The Bertz CT molecular complexity index is 982. The van der Waals surface area contributed by atoms with Crippen LogP contribution in [-0.2, 0) is 17.8 Å². The zero-order valence-electron chi connectivity index (χ0n) is 14.6. The minimum Gasteiger partial charge on any atom is -0.454 e. The number of carbonyl (C=O) groups excluding carboxylic acids is 1. The summed E-state index contributed by atoms with van der Waals surface area (Å²) < 4.78 is 16.4. The summed E-state index contributed by atoms with van der Waals surface area (Å²) in [5.74, 6) is 2.30. The van der Waals surface area contributed by atoms with Gasteiger partial charge in [0.2, 0.25) is 18.6 Å². The number of hydrogen-bond acceptors (Lipinski definition) is 5. The Labute approximate surface area is 161 Å². The number of amides is 1. The molecule has 0 saturated carbocycles. The molecule has 0 fully saturated rings. The number of oxazole rings is 1. The van der Waals surface area contributed by atoms with E-state index in [1.165, 1.54) is 0 Å². The highest BCUT2D eigenvalue weighted by Crippen LogP contribution is 2.36. The maximum atomic E-state index is 12.2. The van der Waals surface area contributed by atoms with Gasteiger partial charge in [0.05, 0.1) is 12.1 Å². The quantitative estimate of drug-likeness (QED) is 0.722. The molecule has 1 amide bonds. The van der Waals surface area contributed by atoms with Crippen molar-refractivity contribution in [2.75, 3.05) is 6.79 Å². The average Bonchev–Trinajstić information content (AvgIpc) is 3.27. The molecule has 4 rings (SSSR count). The maximum absolute atomic E-state index is 12.2. The van der Waals surface area contributed by atoms with Crippen LogP contribution in [0.1, 0.15) is 17.0 Å². The van der Waals surface area contributed by atoms with Crippen molar-refractivity contribution >= 4 is 17.5 Å². The van der Waals surface area contributed by atoms with Crippen LogP contribution in [0.25, 0.3) is 11.5 Å². The van der Waals surface area contributed by atoms with Gasteiger partial charge in [-0.05, 0) is 42.8 Å².